The highest BCUT2D eigenvalue weighted by molar-refractivity contribution is 6.13. The van der Waals surface area contributed by atoms with Crippen LogP contribution in [0.15, 0.2) is 6.20 Å². The van der Waals surface area contributed by atoms with Gasteiger partial charge in [-0.05, 0) is 0 Å². The fourth-order valence-electron chi connectivity index (χ4n) is 1.17. The Kier molecular flexibility index (Phi) is 1.80. The number of hydrogen-bond donors (Lipinski definition) is 0. The Morgan fingerprint density at radius 2 is 2.00 bits per heavy atom. The van der Waals surface area contributed by atoms with Gasteiger partial charge in [-0.1, -0.05) is 13.8 Å². The fraction of sp³-hybridized carbons (Fsp3) is 0.333. The van der Waals surface area contributed by atoms with Gasteiger partial charge in [-0.25, -0.2) is 19.6 Å². The van der Waals surface area contributed by atoms with E-state index in [0.717, 1.165) is 0 Å². The van der Waals surface area contributed by atoms with Crippen molar-refractivity contribution in [1.82, 2.24) is 9.97 Å². The maximum atomic E-state index is 11.1. The lowest BCUT2D eigenvalue weighted by Gasteiger charge is -2.02. The lowest BCUT2D eigenvalue weighted by Crippen LogP contribution is -2.04. The summed E-state index contributed by atoms with van der Waals surface area (Å²) in [6, 6.07) is 0. The molecule has 0 amide bonds. The van der Waals surface area contributed by atoms with Gasteiger partial charge in [0.15, 0.2) is 5.69 Å². The smallest absolute Gasteiger partial charge is 0.365 e. The Balaban J connectivity index is 2.55. The van der Waals surface area contributed by atoms with E-state index in [-0.39, 0.29) is 17.2 Å². The van der Waals surface area contributed by atoms with Crippen LogP contribution < -0.4 is 0 Å². The van der Waals surface area contributed by atoms with Crippen molar-refractivity contribution in [2.75, 3.05) is 0 Å². The summed E-state index contributed by atoms with van der Waals surface area (Å²) in [7, 11) is 0. The SMILES string of the molecule is CC(C)c1ncc2c(n1)C(=O)OC2=O. The third-order valence-electron chi connectivity index (χ3n) is 1.92. The molecule has 0 bridgehead atoms. The number of hydrogen-bond acceptors (Lipinski definition) is 5. The molecule has 2 rings (SSSR count). The second kappa shape index (κ2) is 2.87. The van der Waals surface area contributed by atoms with Crippen LogP contribution in [0.25, 0.3) is 0 Å². The van der Waals surface area contributed by atoms with Crippen LogP contribution in [0, 0.1) is 0 Å². The zero-order chi connectivity index (χ0) is 10.3. The fourth-order valence-corrected chi connectivity index (χ4v) is 1.17. The number of nitrogens with zero attached hydrogens (tertiary/aromatic N) is 2. The molecule has 0 aromatic carbocycles. The van der Waals surface area contributed by atoms with E-state index in [0.29, 0.717) is 5.82 Å². The topological polar surface area (TPSA) is 69.2 Å². The number of esters is 2. The summed E-state index contributed by atoms with van der Waals surface area (Å²) in [5, 5.41) is 0. The molecule has 0 aliphatic carbocycles. The molecule has 0 spiro atoms. The van der Waals surface area contributed by atoms with Crippen LogP contribution in [0.1, 0.15) is 46.4 Å². The molecule has 2 heterocycles. The number of carbonyl (C=O) groups is 2. The molecule has 1 aliphatic heterocycles. The van der Waals surface area contributed by atoms with Crippen LogP contribution in [-0.4, -0.2) is 21.9 Å². The first-order valence-corrected chi connectivity index (χ1v) is 4.23. The first-order chi connectivity index (χ1) is 6.59. The number of carbonyl (C=O) groups excluding carboxylic acids is 2. The second-order valence-corrected chi connectivity index (χ2v) is 3.32. The van der Waals surface area contributed by atoms with Gasteiger partial charge in [0.05, 0.1) is 0 Å². The molecule has 0 unspecified atom stereocenters. The molecule has 0 atom stereocenters. The van der Waals surface area contributed by atoms with Crippen molar-refractivity contribution in [2.45, 2.75) is 19.8 Å². The van der Waals surface area contributed by atoms with Crippen molar-refractivity contribution in [2.24, 2.45) is 0 Å². The quantitative estimate of drug-likeness (QED) is 0.488. The van der Waals surface area contributed by atoms with Crippen LogP contribution >= 0.6 is 0 Å². The summed E-state index contributed by atoms with van der Waals surface area (Å²) >= 11 is 0. The highest BCUT2D eigenvalue weighted by Gasteiger charge is 2.32. The third-order valence-corrected chi connectivity index (χ3v) is 1.92. The van der Waals surface area contributed by atoms with Crippen LogP contribution in [-0.2, 0) is 4.74 Å². The van der Waals surface area contributed by atoms with Crippen molar-refractivity contribution in [1.29, 1.82) is 0 Å². The normalized spacial score (nSPS) is 14.5. The molecule has 0 radical (unpaired) electrons. The zero-order valence-electron chi connectivity index (χ0n) is 7.77. The van der Waals surface area contributed by atoms with Gasteiger partial charge in [-0.3, -0.25) is 0 Å². The summed E-state index contributed by atoms with van der Waals surface area (Å²) in [6.45, 7) is 3.81. The Morgan fingerprint density at radius 3 is 2.64 bits per heavy atom. The van der Waals surface area contributed by atoms with Gasteiger partial charge in [0.1, 0.15) is 11.4 Å². The summed E-state index contributed by atoms with van der Waals surface area (Å²) in [5.41, 5.74) is 0.230. The molecule has 0 saturated heterocycles. The standard InChI is InChI=1S/C9H8N2O3/c1-4(2)7-10-3-5-6(11-7)9(13)14-8(5)12/h3-4H,1-2H3. The Bertz CT molecular complexity index is 426. The van der Waals surface area contributed by atoms with Crippen LogP contribution in [0.5, 0.6) is 0 Å². The van der Waals surface area contributed by atoms with Gasteiger partial charge in [0, 0.05) is 12.1 Å². The van der Waals surface area contributed by atoms with E-state index in [1.165, 1.54) is 6.20 Å². The van der Waals surface area contributed by atoms with Crippen LogP contribution in [0.2, 0.25) is 0 Å². The Labute approximate surface area is 80.1 Å². The van der Waals surface area contributed by atoms with Gasteiger partial charge in [-0.15, -0.1) is 0 Å². The predicted octanol–water partition coefficient (Wildman–Crippen LogP) is 0.911. The summed E-state index contributed by atoms with van der Waals surface area (Å²) in [4.78, 5) is 30.1. The maximum Gasteiger partial charge on any atom is 0.365 e. The number of ether oxygens (including phenoxy) is 1. The largest absolute Gasteiger partial charge is 0.384 e. The van der Waals surface area contributed by atoms with Crippen molar-refractivity contribution in [3.8, 4) is 0 Å². The molecule has 1 aliphatic rings. The van der Waals surface area contributed by atoms with Crippen molar-refractivity contribution >= 4 is 11.9 Å². The minimum atomic E-state index is -0.686. The second-order valence-electron chi connectivity index (χ2n) is 3.32. The molecule has 14 heavy (non-hydrogen) atoms. The van der Waals surface area contributed by atoms with Crippen molar-refractivity contribution < 1.29 is 14.3 Å². The van der Waals surface area contributed by atoms with Gasteiger partial charge < -0.3 is 4.74 Å². The van der Waals surface area contributed by atoms with E-state index in [4.69, 9.17) is 0 Å². The van der Waals surface area contributed by atoms with E-state index in [2.05, 4.69) is 14.7 Å². The maximum absolute atomic E-state index is 11.1. The summed E-state index contributed by atoms with van der Waals surface area (Å²) in [6.07, 6.45) is 1.34. The minimum absolute atomic E-state index is 0.0775. The zero-order valence-corrected chi connectivity index (χ0v) is 7.77. The average Bonchev–Trinajstić information content (AvgIpc) is 2.42. The predicted molar refractivity (Wildman–Crippen MR) is 45.9 cm³/mol. The molecular weight excluding hydrogens is 184 g/mol. The summed E-state index contributed by atoms with van der Waals surface area (Å²) < 4.78 is 4.39. The molecule has 72 valence electrons. The van der Waals surface area contributed by atoms with E-state index in [9.17, 15) is 9.59 Å². The van der Waals surface area contributed by atoms with E-state index < -0.39 is 11.9 Å². The first kappa shape index (κ1) is 8.80. The highest BCUT2D eigenvalue weighted by Crippen LogP contribution is 2.18. The Hall–Kier alpha value is -1.78. The number of cyclic esters (lactones) is 2. The molecule has 0 fully saturated rings. The Morgan fingerprint density at radius 1 is 1.29 bits per heavy atom. The van der Waals surface area contributed by atoms with Crippen LogP contribution in [0.4, 0.5) is 0 Å². The van der Waals surface area contributed by atoms with Gasteiger partial charge >= 0.3 is 11.9 Å². The van der Waals surface area contributed by atoms with Gasteiger partial charge in [0.2, 0.25) is 0 Å². The monoisotopic (exact) mass is 192 g/mol. The average molecular weight is 192 g/mol. The van der Waals surface area contributed by atoms with Gasteiger partial charge in [-0.2, -0.15) is 0 Å². The minimum Gasteiger partial charge on any atom is -0.384 e. The number of fused-ring (bicyclic) bond motifs is 1. The number of aromatic nitrogens is 2. The van der Waals surface area contributed by atoms with Crippen LogP contribution in [0.3, 0.4) is 0 Å². The lowest BCUT2D eigenvalue weighted by atomic mass is 10.2. The molecular formula is C9H8N2O3. The van der Waals surface area contributed by atoms with Crippen molar-refractivity contribution in [3.63, 3.8) is 0 Å². The van der Waals surface area contributed by atoms with Gasteiger partial charge in [0.25, 0.3) is 0 Å². The van der Waals surface area contributed by atoms with E-state index >= 15 is 0 Å². The molecule has 5 heteroatoms. The molecule has 0 N–H and O–H groups in total. The molecule has 1 aromatic heterocycles. The summed E-state index contributed by atoms with van der Waals surface area (Å²) in [5.74, 6) is -0.700. The molecule has 1 aromatic rings. The van der Waals surface area contributed by atoms with E-state index in [1.807, 2.05) is 13.8 Å². The highest BCUT2D eigenvalue weighted by atomic mass is 16.6. The van der Waals surface area contributed by atoms with E-state index in [1.54, 1.807) is 0 Å². The number of rotatable bonds is 1. The molecule has 0 saturated carbocycles. The molecule has 5 nitrogen and oxygen atoms in total. The lowest BCUT2D eigenvalue weighted by molar-refractivity contribution is 0.0441. The third kappa shape index (κ3) is 1.17. The first-order valence-electron chi connectivity index (χ1n) is 4.23. The van der Waals surface area contributed by atoms with Crippen molar-refractivity contribution in [3.05, 3.63) is 23.3 Å².